The standard InChI is InChI=1S/C10H15N3O2S/c1-7-5-9(7)13-16(14,15)10-6-12-4-3-8(10)11-2/h3-4,6-7,9,13H,5H2,1-2H3,(H,11,12). The van der Waals surface area contributed by atoms with Gasteiger partial charge in [0.2, 0.25) is 10.0 Å². The number of nitrogens with one attached hydrogen (secondary N) is 2. The predicted octanol–water partition coefficient (Wildman–Crippen LogP) is 0.810. The van der Waals surface area contributed by atoms with Crippen LogP contribution in [0.4, 0.5) is 5.69 Å². The molecule has 0 amide bonds. The molecule has 0 bridgehead atoms. The molecular formula is C10H15N3O2S. The Morgan fingerprint density at radius 1 is 1.50 bits per heavy atom. The summed E-state index contributed by atoms with van der Waals surface area (Å²) in [5.74, 6) is 0.435. The van der Waals surface area contributed by atoms with Crippen LogP contribution >= 0.6 is 0 Å². The molecule has 6 heteroatoms. The second-order valence-corrected chi connectivity index (χ2v) is 5.75. The Morgan fingerprint density at radius 2 is 2.19 bits per heavy atom. The summed E-state index contributed by atoms with van der Waals surface area (Å²) in [6.45, 7) is 2.02. The Bertz CT molecular complexity index is 487. The van der Waals surface area contributed by atoms with E-state index < -0.39 is 10.0 Å². The lowest BCUT2D eigenvalue weighted by atomic mass is 10.4. The van der Waals surface area contributed by atoms with Gasteiger partial charge in [0.25, 0.3) is 0 Å². The summed E-state index contributed by atoms with van der Waals surface area (Å²) in [5.41, 5.74) is 0.566. The van der Waals surface area contributed by atoms with E-state index in [2.05, 4.69) is 15.0 Å². The zero-order valence-electron chi connectivity index (χ0n) is 9.27. The third-order valence-corrected chi connectivity index (χ3v) is 4.28. The first-order valence-electron chi connectivity index (χ1n) is 5.18. The van der Waals surface area contributed by atoms with Gasteiger partial charge in [-0.25, -0.2) is 13.1 Å². The van der Waals surface area contributed by atoms with E-state index in [1.807, 2.05) is 6.92 Å². The maximum atomic E-state index is 12.0. The van der Waals surface area contributed by atoms with Crippen molar-refractivity contribution in [1.29, 1.82) is 0 Å². The third-order valence-electron chi connectivity index (χ3n) is 2.76. The number of sulfonamides is 1. The Morgan fingerprint density at radius 3 is 2.75 bits per heavy atom. The fourth-order valence-electron chi connectivity index (χ4n) is 1.55. The van der Waals surface area contributed by atoms with Crippen molar-refractivity contribution < 1.29 is 8.42 Å². The van der Waals surface area contributed by atoms with Crippen molar-refractivity contribution in [2.24, 2.45) is 5.92 Å². The summed E-state index contributed by atoms with van der Waals surface area (Å²) in [7, 11) is -1.76. The van der Waals surface area contributed by atoms with Gasteiger partial charge in [-0.3, -0.25) is 4.98 Å². The van der Waals surface area contributed by atoms with Crippen LogP contribution in [0, 0.1) is 5.92 Å². The predicted molar refractivity (Wildman–Crippen MR) is 61.7 cm³/mol. The highest BCUT2D eigenvalue weighted by Crippen LogP contribution is 2.31. The molecule has 0 saturated heterocycles. The van der Waals surface area contributed by atoms with E-state index in [0.29, 0.717) is 11.6 Å². The molecule has 0 spiro atoms. The van der Waals surface area contributed by atoms with Gasteiger partial charge >= 0.3 is 0 Å². The van der Waals surface area contributed by atoms with Gasteiger partial charge in [-0.1, -0.05) is 6.92 Å². The zero-order chi connectivity index (χ0) is 11.8. The summed E-state index contributed by atoms with van der Waals surface area (Å²) in [6.07, 6.45) is 3.83. The number of pyridine rings is 1. The molecule has 16 heavy (non-hydrogen) atoms. The molecule has 1 aliphatic rings. The average molecular weight is 241 g/mol. The van der Waals surface area contributed by atoms with Crippen molar-refractivity contribution in [1.82, 2.24) is 9.71 Å². The van der Waals surface area contributed by atoms with Crippen LogP contribution in [0.3, 0.4) is 0 Å². The molecular weight excluding hydrogens is 226 g/mol. The van der Waals surface area contributed by atoms with Gasteiger partial charge < -0.3 is 5.32 Å². The van der Waals surface area contributed by atoms with E-state index in [-0.39, 0.29) is 10.9 Å². The van der Waals surface area contributed by atoms with Crippen LogP contribution in [0.15, 0.2) is 23.4 Å². The van der Waals surface area contributed by atoms with Crippen LogP contribution in [0.25, 0.3) is 0 Å². The molecule has 1 heterocycles. The number of aromatic nitrogens is 1. The molecule has 1 aliphatic carbocycles. The maximum Gasteiger partial charge on any atom is 0.244 e. The molecule has 2 atom stereocenters. The second-order valence-electron chi connectivity index (χ2n) is 4.06. The SMILES string of the molecule is CNc1ccncc1S(=O)(=O)NC1CC1C. The molecule has 1 fully saturated rings. The number of rotatable bonds is 4. The highest BCUT2D eigenvalue weighted by atomic mass is 32.2. The second kappa shape index (κ2) is 4.03. The third kappa shape index (κ3) is 2.17. The van der Waals surface area contributed by atoms with E-state index in [9.17, 15) is 8.42 Å². The topological polar surface area (TPSA) is 71.1 Å². The van der Waals surface area contributed by atoms with Gasteiger partial charge in [0.05, 0.1) is 5.69 Å². The first-order chi connectivity index (χ1) is 7.54. The Hall–Kier alpha value is -1.14. The fraction of sp³-hybridized carbons (Fsp3) is 0.500. The largest absolute Gasteiger partial charge is 0.387 e. The summed E-state index contributed by atoms with van der Waals surface area (Å²) in [4.78, 5) is 4.05. The quantitative estimate of drug-likeness (QED) is 0.818. The monoisotopic (exact) mass is 241 g/mol. The number of hydrogen-bond donors (Lipinski definition) is 2. The summed E-state index contributed by atoms with van der Waals surface area (Å²) in [5, 5.41) is 2.85. The molecule has 5 nitrogen and oxygen atoms in total. The molecule has 0 radical (unpaired) electrons. The highest BCUT2D eigenvalue weighted by molar-refractivity contribution is 7.89. The Balaban J connectivity index is 2.28. The zero-order valence-corrected chi connectivity index (χ0v) is 10.1. The molecule has 0 aromatic carbocycles. The van der Waals surface area contributed by atoms with Gasteiger partial charge in [-0.05, 0) is 18.4 Å². The summed E-state index contributed by atoms with van der Waals surface area (Å²) >= 11 is 0. The van der Waals surface area contributed by atoms with E-state index >= 15 is 0 Å². The van der Waals surface area contributed by atoms with E-state index in [0.717, 1.165) is 6.42 Å². The van der Waals surface area contributed by atoms with Gasteiger partial charge in [0.1, 0.15) is 4.90 Å². The maximum absolute atomic E-state index is 12.0. The number of anilines is 1. The molecule has 88 valence electrons. The lowest BCUT2D eigenvalue weighted by Gasteiger charge is -2.09. The van der Waals surface area contributed by atoms with E-state index in [1.165, 1.54) is 6.20 Å². The summed E-state index contributed by atoms with van der Waals surface area (Å²) in [6, 6.07) is 1.72. The first kappa shape index (κ1) is 11.3. The van der Waals surface area contributed by atoms with Crippen LogP contribution < -0.4 is 10.0 Å². The normalized spacial score (nSPS) is 24.1. The van der Waals surface area contributed by atoms with E-state index in [4.69, 9.17) is 0 Å². The van der Waals surface area contributed by atoms with Crippen LogP contribution in [0.2, 0.25) is 0 Å². The van der Waals surface area contributed by atoms with Crippen molar-refractivity contribution in [3.63, 3.8) is 0 Å². The molecule has 1 aromatic rings. The van der Waals surface area contributed by atoms with Crippen molar-refractivity contribution in [3.05, 3.63) is 18.5 Å². The van der Waals surface area contributed by atoms with Gasteiger partial charge in [0.15, 0.2) is 0 Å². The Labute approximate surface area is 95.3 Å². The minimum atomic E-state index is -3.45. The van der Waals surface area contributed by atoms with Crippen LogP contribution in [-0.4, -0.2) is 26.5 Å². The van der Waals surface area contributed by atoms with Crippen molar-refractivity contribution >= 4 is 15.7 Å². The van der Waals surface area contributed by atoms with Crippen LogP contribution in [-0.2, 0) is 10.0 Å². The summed E-state index contributed by atoms with van der Waals surface area (Å²) < 4.78 is 26.7. The average Bonchev–Trinajstić information content (AvgIpc) is 2.93. The molecule has 2 rings (SSSR count). The lowest BCUT2D eigenvalue weighted by Crippen LogP contribution is -2.27. The van der Waals surface area contributed by atoms with Crippen molar-refractivity contribution in [3.8, 4) is 0 Å². The molecule has 1 aromatic heterocycles. The van der Waals surface area contributed by atoms with Crippen LogP contribution in [0.1, 0.15) is 13.3 Å². The van der Waals surface area contributed by atoms with Crippen molar-refractivity contribution in [2.75, 3.05) is 12.4 Å². The smallest absolute Gasteiger partial charge is 0.244 e. The first-order valence-corrected chi connectivity index (χ1v) is 6.67. The molecule has 2 N–H and O–H groups in total. The minimum Gasteiger partial charge on any atom is -0.387 e. The van der Waals surface area contributed by atoms with Crippen molar-refractivity contribution in [2.45, 2.75) is 24.3 Å². The molecule has 1 saturated carbocycles. The lowest BCUT2D eigenvalue weighted by molar-refractivity contribution is 0.578. The van der Waals surface area contributed by atoms with Gasteiger partial charge in [-0.15, -0.1) is 0 Å². The highest BCUT2D eigenvalue weighted by Gasteiger charge is 2.37. The Kier molecular flexibility index (Phi) is 2.86. The minimum absolute atomic E-state index is 0.0786. The van der Waals surface area contributed by atoms with Gasteiger partial charge in [-0.2, -0.15) is 0 Å². The molecule has 2 unspecified atom stereocenters. The number of nitrogens with zero attached hydrogens (tertiary/aromatic N) is 1. The fourth-order valence-corrected chi connectivity index (χ4v) is 3.06. The van der Waals surface area contributed by atoms with Gasteiger partial charge in [0, 0.05) is 25.5 Å². The number of hydrogen-bond acceptors (Lipinski definition) is 4. The molecule has 0 aliphatic heterocycles. The van der Waals surface area contributed by atoms with Crippen LogP contribution in [0.5, 0.6) is 0 Å². The van der Waals surface area contributed by atoms with E-state index in [1.54, 1.807) is 19.3 Å².